The molecule has 0 radical (unpaired) electrons. The van der Waals surface area contributed by atoms with Crippen LogP contribution in [0.15, 0.2) is 12.7 Å². The third-order valence-electron chi connectivity index (χ3n) is 8.46. The minimum Gasteiger partial charge on any atom is -0.444 e. The summed E-state index contributed by atoms with van der Waals surface area (Å²) in [5.74, 6) is -2.75. The van der Waals surface area contributed by atoms with Crippen molar-refractivity contribution in [2.75, 3.05) is 6.54 Å². The van der Waals surface area contributed by atoms with E-state index < -0.39 is 85.8 Å². The van der Waals surface area contributed by atoms with Crippen LogP contribution in [-0.2, 0) is 33.9 Å². The second-order valence-electron chi connectivity index (χ2n) is 15.5. The van der Waals surface area contributed by atoms with Crippen LogP contribution >= 0.6 is 0 Å². The van der Waals surface area contributed by atoms with Gasteiger partial charge in [-0.05, 0) is 73.1 Å². The number of alkyl carbamates (subject to hydrolysis) is 1. The molecule has 0 aromatic heterocycles. The molecule has 1 heterocycles. The number of nitrogens with one attached hydrogen (secondary N) is 3. The molecule has 0 aromatic rings. The van der Waals surface area contributed by atoms with Gasteiger partial charge in [-0.3, -0.25) is 19.1 Å². The largest absolute Gasteiger partial charge is 0.444 e. The van der Waals surface area contributed by atoms with E-state index in [1.54, 1.807) is 46.4 Å². The maximum atomic E-state index is 14.2. The van der Waals surface area contributed by atoms with Crippen molar-refractivity contribution in [3.63, 3.8) is 0 Å². The normalized spacial score (nSPS) is 25.1. The van der Waals surface area contributed by atoms with Gasteiger partial charge >= 0.3 is 12.2 Å². The average molecular weight is 684 g/mol. The number of likely N-dealkylation sites (tertiary alicyclic amines) is 1. The smallest absolute Gasteiger partial charge is 0.410 e. The van der Waals surface area contributed by atoms with Gasteiger partial charge in [-0.25, -0.2) is 18.0 Å². The van der Waals surface area contributed by atoms with Gasteiger partial charge in [-0.1, -0.05) is 26.8 Å². The molecule has 3 N–H and O–H groups in total. The van der Waals surface area contributed by atoms with Crippen molar-refractivity contribution in [2.24, 2.45) is 11.3 Å². The maximum Gasteiger partial charge on any atom is 0.410 e. The molecule has 5 atom stereocenters. The lowest BCUT2D eigenvalue weighted by Gasteiger charge is -2.36. The highest BCUT2D eigenvalue weighted by Crippen LogP contribution is 2.45. The fourth-order valence-electron chi connectivity index (χ4n) is 5.86. The number of sulfonamides is 1. The molecule has 266 valence electrons. The Bertz CT molecular complexity index is 1360. The first-order valence-electron chi connectivity index (χ1n) is 16.2. The Kier molecular flexibility index (Phi) is 11.0. The fourth-order valence-corrected chi connectivity index (χ4v) is 7.22. The van der Waals surface area contributed by atoms with E-state index in [1.807, 2.05) is 27.7 Å². The van der Waals surface area contributed by atoms with E-state index >= 15 is 0 Å². The minimum atomic E-state index is -3.90. The molecular formula is C32H53N5O9S. The summed E-state index contributed by atoms with van der Waals surface area (Å²) in [4.78, 5) is 70.4. The van der Waals surface area contributed by atoms with Crippen LogP contribution in [0.3, 0.4) is 0 Å². The van der Waals surface area contributed by atoms with Crippen LogP contribution in [-0.4, -0.2) is 101 Å². The van der Waals surface area contributed by atoms with Gasteiger partial charge in [0.15, 0.2) is 0 Å². The van der Waals surface area contributed by atoms with Crippen molar-refractivity contribution in [3.8, 4) is 0 Å². The van der Waals surface area contributed by atoms with Crippen LogP contribution in [0.2, 0.25) is 0 Å². The van der Waals surface area contributed by atoms with Gasteiger partial charge in [0.05, 0.1) is 11.8 Å². The van der Waals surface area contributed by atoms with Gasteiger partial charge in [0.25, 0.3) is 5.91 Å². The van der Waals surface area contributed by atoms with E-state index in [0.29, 0.717) is 12.8 Å². The number of nitrogens with zero attached hydrogens (tertiary/aromatic N) is 2. The molecule has 1 saturated heterocycles. The van der Waals surface area contributed by atoms with E-state index in [1.165, 1.54) is 11.0 Å². The number of hydrogen-bond acceptors (Lipinski definition) is 9. The molecule has 0 aromatic carbocycles. The number of amides is 5. The standard InChI is InChI=1S/C32H53N5O9S/c1-12-20-16-32(20,27(40)35-47(43,44)22-13-14-22)34-25(38)23-15-21(45-29(42)37(18(2)3)19(4)5)17-36(23)26(39)24(30(6,7)8)33-28(41)46-31(9,10)11/h12,18-24H,1,13-17H2,2-11H3,(H,33,41)(H,34,38)(H,35,40). The lowest BCUT2D eigenvalue weighted by molar-refractivity contribution is -0.143. The molecule has 0 bridgehead atoms. The van der Waals surface area contributed by atoms with E-state index in [4.69, 9.17) is 9.47 Å². The number of rotatable bonds is 11. The molecule has 5 unspecified atom stereocenters. The van der Waals surface area contributed by atoms with Crippen LogP contribution in [0.5, 0.6) is 0 Å². The summed E-state index contributed by atoms with van der Waals surface area (Å²) in [6.07, 6.45) is 0.0775. The second kappa shape index (κ2) is 13.6. The molecule has 5 amide bonds. The van der Waals surface area contributed by atoms with Crippen LogP contribution in [0.25, 0.3) is 0 Å². The van der Waals surface area contributed by atoms with Crippen LogP contribution < -0.4 is 15.4 Å². The molecule has 15 heteroatoms. The molecule has 14 nitrogen and oxygen atoms in total. The summed E-state index contributed by atoms with van der Waals surface area (Å²) in [6, 6.07) is -2.72. The zero-order chi connectivity index (χ0) is 35.9. The minimum absolute atomic E-state index is 0.0898. The molecule has 3 fully saturated rings. The van der Waals surface area contributed by atoms with Crippen molar-refractivity contribution in [1.29, 1.82) is 0 Å². The van der Waals surface area contributed by atoms with Gasteiger partial charge in [-0.15, -0.1) is 6.58 Å². The highest BCUT2D eigenvalue weighted by molar-refractivity contribution is 7.91. The number of ether oxygens (including phenoxy) is 2. The Morgan fingerprint density at radius 3 is 2.02 bits per heavy atom. The predicted molar refractivity (Wildman–Crippen MR) is 174 cm³/mol. The molecular weight excluding hydrogens is 630 g/mol. The molecule has 1 aliphatic heterocycles. The Balaban J connectivity index is 1.93. The average Bonchev–Trinajstić information content (AvgIpc) is 3.81. The van der Waals surface area contributed by atoms with Crippen molar-refractivity contribution < 1.29 is 41.9 Å². The predicted octanol–water partition coefficient (Wildman–Crippen LogP) is 2.82. The van der Waals surface area contributed by atoms with E-state index in [9.17, 15) is 32.4 Å². The quantitative estimate of drug-likeness (QED) is 0.276. The zero-order valence-electron chi connectivity index (χ0n) is 29.3. The van der Waals surface area contributed by atoms with Crippen molar-refractivity contribution in [1.82, 2.24) is 25.2 Å². The molecule has 3 rings (SSSR count). The van der Waals surface area contributed by atoms with Crippen LogP contribution in [0.1, 0.15) is 94.9 Å². The SMILES string of the molecule is C=CC1CC1(NC(=O)C1CC(OC(=O)N(C(C)C)C(C)C)CN1C(=O)C(NC(=O)OC(C)(C)C)C(C)(C)C)C(=O)NS(=O)(=O)C1CC1. The van der Waals surface area contributed by atoms with Gasteiger partial charge in [0, 0.05) is 24.4 Å². The van der Waals surface area contributed by atoms with Gasteiger partial charge in [0.2, 0.25) is 21.8 Å². The van der Waals surface area contributed by atoms with Crippen molar-refractivity contribution in [3.05, 3.63) is 12.7 Å². The first kappa shape index (κ1) is 38.1. The monoisotopic (exact) mass is 683 g/mol. The Morgan fingerprint density at radius 2 is 1.57 bits per heavy atom. The summed E-state index contributed by atoms with van der Waals surface area (Å²) in [5.41, 5.74) is -3.25. The molecule has 2 saturated carbocycles. The summed E-state index contributed by atoms with van der Waals surface area (Å²) >= 11 is 0. The van der Waals surface area contributed by atoms with E-state index in [0.717, 1.165) is 0 Å². The van der Waals surface area contributed by atoms with Crippen LogP contribution in [0.4, 0.5) is 9.59 Å². The lowest BCUT2D eigenvalue weighted by atomic mass is 9.85. The van der Waals surface area contributed by atoms with Crippen LogP contribution in [0, 0.1) is 11.3 Å². The number of carbonyl (C=O) groups is 5. The van der Waals surface area contributed by atoms with Crippen molar-refractivity contribution in [2.45, 2.75) is 142 Å². The topological polar surface area (TPSA) is 181 Å². The number of hydrogen-bond donors (Lipinski definition) is 3. The maximum absolute atomic E-state index is 14.2. The highest BCUT2D eigenvalue weighted by Gasteiger charge is 2.62. The first-order valence-corrected chi connectivity index (χ1v) is 17.8. The van der Waals surface area contributed by atoms with E-state index in [2.05, 4.69) is 21.9 Å². The summed E-state index contributed by atoms with van der Waals surface area (Å²) < 4.78 is 38.5. The summed E-state index contributed by atoms with van der Waals surface area (Å²) in [7, 11) is -3.90. The second-order valence-corrected chi connectivity index (χ2v) is 17.4. The third kappa shape index (κ3) is 9.17. The lowest BCUT2D eigenvalue weighted by Crippen LogP contribution is -2.60. The molecule has 3 aliphatic rings. The Morgan fingerprint density at radius 1 is 1.00 bits per heavy atom. The number of carbonyl (C=O) groups excluding carboxylic acids is 5. The van der Waals surface area contributed by atoms with Gasteiger partial charge in [0.1, 0.15) is 29.3 Å². The molecule has 2 aliphatic carbocycles. The van der Waals surface area contributed by atoms with E-state index in [-0.39, 0.29) is 31.5 Å². The molecule has 0 spiro atoms. The highest BCUT2D eigenvalue weighted by atomic mass is 32.2. The zero-order valence-corrected chi connectivity index (χ0v) is 30.2. The Labute approximate surface area is 278 Å². The first-order chi connectivity index (χ1) is 21.4. The summed E-state index contributed by atoms with van der Waals surface area (Å²) in [6.45, 7) is 21.3. The Hall–Kier alpha value is -3.36. The van der Waals surface area contributed by atoms with Gasteiger partial charge in [-0.2, -0.15) is 0 Å². The fraction of sp³-hybridized carbons (Fsp3) is 0.781. The van der Waals surface area contributed by atoms with Gasteiger partial charge < -0.3 is 29.9 Å². The third-order valence-corrected chi connectivity index (χ3v) is 10.3. The summed E-state index contributed by atoms with van der Waals surface area (Å²) in [5, 5.41) is 4.71. The van der Waals surface area contributed by atoms with Crippen molar-refractivity contribution >= 4 is 39.9 Å². The molecule has 47 heavy (non-hydrogen) atoms.